The molecule has 0 aromatic heterocycles. The van der Waals surface area contributed by atoms with Gasteiger partial charge < -0.3 is 10.6 Å². The van der Waals surface area contributed by atoms with Crippen LogP contribution in [0.3, 0.4) is 0 Å². The van der Waals surface area contributed by atoms with Crippen LogP contribution < -0.4 is 10.6 Å². The molecule has 2 rings (SSSR count). The van der Waals surface area contributed by atoms with Crippen LogP contribution in [-0.2, 0) is 11.2 Å². The minimum absolute atomic E-state index is 0.0444. The van der Waals surface area contributed by atoms with Gasteiger partial charge in [0.15, 0.2) is 0 Å². The van der Waals surface area contributed by atoms with E-state index in [-0.39, 0.29) is 11.6 Å². The molecule has 0 heterocycles. The summed E-state index contributed by atoms with van der Waals surface area (Å²) in [5.74, 6) is -0.391. The van der Waals surface area contributed by atoms with Gasteiger partial charge in [-0.05, 0) is 55.5 Å². The highest BCUT2D eigenvalue weighted by Gasteiger charge is 2.14. The lowest BCUT2D eigenvalue weighted by Crippen LogP contribution is -2.28. The van der Waals surface area contributed by atoms with Crippen molar-refractivity contribution in [3.8, 4) is 6.07 Å². The van der Waals surface area contributed by atoms with E-state index in [9.17, 15) is 10.1 Å². The normalized spacial score (nSPS) is 12.2. The summed E-state index contributed by atoms with van der Waals surface area (Å²) in [4.78, 5) is 12.4. The van der Waals surface area contributed by atoms with Gasteiger partial charge >= 0.3 is 0 Å². The van der Waals surface area contributed by atoms with E-state index in [1.54, 1.807) is 0 Å². The molecule has 0 aliphatic heterocycles. The summed E-state index contributed by atoms with van der Waals surface area (Å²) < 4.78 is 0. The van der Waals surface area contributed by atoms with Gasteiger partial charge in [-0.3, -0.25) is 4.79 Å². The summed E-state index contributed by atoms with van der Waals surface area (Å²) in [6.45, 7) is 8.03. The van der Waals surface area contributed by atoms with Crippen molar-refractivity contribution in [3.05, 3.63) is 76.5 Å². The number of amides is 1. The molecular formula is C22H25N3O. The number of aryl methyl sites for hydroxylation is 2. The average Bonchev–Trinajstić information content (AvgIpc) is 2.65. The molecule has 1 atom stereocenters. The SMILES string of the molecule is CCc1ccc(C(C)NC(=O)/C(C#N)=C\Nc2cccc(C)c2C)cc1. The fourth-order valence-electron chi connectivity index (χ4n) is 2.61. The highest BCUT2D eigenvalue weighted by atomic mass is 16.1. The van der Waals surface area contributed by atoms with Crippen LogP contribution in [0.15, 0.2) is 54.2 Å². The molecule has 0 radical (unpaired) electrons. The third-order valence-electron chi connectivity index (χ3n) is 4.58. The summed E-state index contributed by atoms with van der Waals surface area (Å²) in [6, 6.07) is 15.8. The standard InChI is InChI=1S/C22H25N3O/c1-5-18-9-11-19(12-10-18)17(4)25-22(26)20(13-23)14-24-21-8-6-7-15(2)16(21)3/h6-12,14,17,24H,5H2,1-4H3,(H,25,26)/b20-14-. The molecule has 134 valence electrons. The fourth-order valence-corrected chi connectivity index (χ4v) is 2.61. The summed E-state index contributed by atoms with van der Waals surface area (Å²) in [5, 5.41) is 15.3. The highest BCUT2D eigenvalue weighted by Crippen LogP contribution is 2.18. The Labute approximate surface area is 155 Å². The van der Waals surface area contributed by atoms with Gasteiger partial charge in [0.2, 0.25) is 0 Å². The first-order valence-corrected chi connectivity index (χ1v) is 8.79. The third kappa shape index (κ3) is 4.73. The smallest absolute Gasteiger partial charge is 0.263 e. The summed E-state index contributed by atoms with van der Waals surface area (Å²) >= 11 is 0. The second-order valence-corrected chi connectivity index (χ2v) is 6.35. The van der Waals surface area contributed by atoms with Crippen LogP contribution in [0, 0.1) is 25.2 Å². The zero-order valence-corrected chi connectivity index (χ0v) is 15.8. The van der Waals surface area contributed by atoms with Gasteiger partial charge in [0.25, 0.3) is 5.91 Å². The van der Waals surface area contributed by atoms with E-state index in [2.05, 4.69) is 29.7 Å². The van der Waals surface area contributed by atoms with E-state index in [1.807, 2.05) is 57.2 Å². The van der Waals surface area contributed by atoms with Gasteiger partial charge in [-0.1, -0.05) is 43.3 Å². The Hall–Kier alpha value is -3.06. The van der Waals surface area contributed by atoms with Crippen molar-refractivity contribution in [2.75, 3.05) is 5.32 Å². The van der Waals surface area contributed by atoms with E-state index in [0.29, 0.717) is 0 Å². The van der Waals surface area contributed by atoms with Gasteiger partial charge in [0.1, 0.15) is 11.6 Å². The molecule has 1 unspecified atom stereocenters. The molecule has 0 aliphatic rings. The number of hydrogen-bond acceptors (Lipinski definition) is 3. The van der Waals surface area contributed by atoms with Crippen molar-refractivity contribution in [2.45, 2.75) is 40.2 Å². The quantitative estimate of drug-likeness (QED) is 0.594. The lowest BCUT2D eigenvalue weighted by molar-refractivity contribution is -0.117. The van der Waals surface area contributed by atoms with Crippen molar-refractivity contribution in [1.82, 2.24) is 5.32 Å². The van der Waals surface area contributed by atoms with E-state index in [1.165, 1.54) is 11.8 Å². The van der Waals surface area contributed by atoms with Crippen LogP contribution in [0.4, 0.5) is 5.69 Å². The molecule has 1 amide bonds. The van der Waals surface area contributed by atoms with Crippen LogP contribution in [0.2, 0.25) is 0 Å². The van der Waals surface area contributed by atoms with Gasteiger partial charge in [-0.2, -0.15) is 5.26 Å². The molecule has 4 nitrogen and oxygen atoms in total. The van der Waals surface area contributed by atoms with Crippen molar-refractivity contribution < 1.29 is 4.79 Å². The Morgan fingerprint density at radius 3 is 2.50 bits per heavy atom. The number of carbonyl (C=O) groups excluding carboxylic acids is 1. The van der Waals surface area contributed by atoms with Crippen LogP contribution in [0.5, 0.6) is 0 Å². The Morgan fingerprint density at radius 1 is 1.19 bits per heavy atom. The summed E-state index contributed by atoms with van der Waals surface area (Å²) in [6.07, 6.45) is 2.44. The molecule has 0 bridgehead atoms. The third-order valence-corrected chi connectivity index (χ3v) is 4.58. The Kier molecular flexibility index (Phi) is 6.57. The molecule has 0 fully saturated rings. The first kappa shape index (κ1) is 19.3. The van der Waals surface area contributed by atoms with Crippen LogP contribution in [0.1, 0.15) is 42.1 Å². The maximum atomic E-state index is 12.4. The number of nitrogens with one attached hydrogen (secondary N) is 2. The number of anilines is 1. The number of rotatable bonds is 6. The van der Waals surface area contributed by atoms with E-state index < -0.39 is 5.91 Å². The van der Waals surface area contributed by atoms with Crippen LogP contribution in [0.25, 0.3) is 0 Å². The summed E-state index contributed by atoms with van der Waals surface area (Å²) in [5.41, 5.74) is 5.43. The van der Waals surface area contributed by atoms with Crippen molar-refractivity contribution in [2.24, 2.45) is 0 Å². The number of nitriles is 1. The number of carbonyl (C=O) groups is 1. The van der Waals surface area contributed by atoms with E-state index in [0.717, 1.165) is 28.8 Å². The predicted octanol–water partition coefficient (Wildman–Crippen LogP) is 4.56. The van der Waals surface area contributed by atoms with Crippen molar-refractivity contribution in [1.29, 1.82) is 5.26 Å². The molecule has 0 saturated carbocycles. The lowest BCUT2D eigenvalue weighted by atomic mass is 10.0. The molecule has 4 heteroatoms. The minimum Gasteiger partial charge on any atom is -0.360 e. The van der Waals surface area contributed by atoms with E-state index in [4.69, 9.17) is 0 Å². The first-order valence-electron chi connectivity index (χ1n) is 8.79. The monoisotopic (exact) mass is 347 g/mol. The molecule has 0 aliphatic carbocycles. The Bertz CT molecular complexity index is 845. The zero-order valence-electron chi connectivity index (χ0n) is 15.8. The highest BCUT2D eigenvalue weighted by molar-refractivity contribution is 5.97. The molecule has 0 spiro atoms. The molecular weight excluding hydrogens is 322 g/mol. The van der Waals surface area contributed by atoms with Gasteiger partial charge in [0, 0.05) is 11.9 Å². The second kappa shape index (κ2) is 8.87. The fraction of sp³-hybridized carbons (Fsp3) is 0.273. The Morgan fingerprint density at radius 2 is 1.88 bits per heavy atom. The minimum atomic E-state index is -0.391. The molecule has 2 aromatic carbocycles. The van der Waals surface area contributed by atoms with Gasteiger partial charge in [0.05, 0.1) is 6.04 Å². The molecule has 2 aromatic rings. The average molecular weight is 347 g/mol. The van der Waals surface area contributed by atoms with Gasteiger partial charge in [-0.15, -0.1) is 0 Å². The van der Waals surface area contributed by atoms with E-state index >= 15 is 0 Å². The second-order valence-electron chi connectivity index (χ2n) is 6.35. The Balaban J connectivity index is 2.07. The maximum absolute atomic E-state index is 12.4. The van der Waals surface area contributed by atoms with Crippen LogP contribution in [-0.4, -0.2) is 5.91 Å². The molecule has 26 heavy (non-hydrogen) atoms. The predicted molar refractivity (Wildman–Crippen MR) is 106 cm³/mol. The van der Waals surface area contributed by atoms with Crippen molar-refractivity contribution in [3.63, 3.8) is 0 Å². The van der Waals surface area contributed by atoms with Crippen LogP contribution >= 0.6 is 0 Å². The largest absolute Gasteiger partial charge is 0.360 e. The summed E-state index contributed by atoms with van der Waals surface area (Å²) in [7, 11) is 0. The van der Waals surface area contributed by atoms with Gasteiger partial charge in [-0.25, -0.2) is 0 Å². The first-order chi connectivity index (χ1) is 12.5. The topological polar surface area (TPSA) is 64.9 Å². The zero-order chi connectivity index (χ0) is 19.1. The van der Waals surface area contributed by atoms with Crippen molar-refractivity contribution >= 4 is 11.6 Å². The molecule has 2 N–H and O–H groups in total. The maximum Gasteiger partial charge on any atom is 0.263 e. The number of nitrogens with zero attached hydrogens (tertiary/aromatic N) is 1. The number of benzene rings is 2. The lowest BCUT2D eigenvalue weighted by Gasteiger charge is -2.15. The number of hydrogen-bond donors (Lipinski definition) is 2. The molecule has 0 saturated heterocycles.